The van der Waals surface area contributed by atoms with Crippen molar-refractivity contribution in [3.63, 3.8) is 0 Å². The number of hydrogen-bond donors (Lipinski definition) is 0. The van der Waals surface area contributed by atoms with E-state index in [1.165, 1.54) is 12.1 Å². The fourth-order valence-electron chi connectivity index (χ4n) is 2.17. The molecule has 1 heterocycles. The Balaban J connectivity index is 2.18. The second kappa shape index (κ2) is 5.21. The van der Waals surface area contributed by atoms with Gasteiger partial charge in [-0.25, -0.2) is 4.39 Å². The molecule has 0 fully saturated rings. The molecule has 20 heavy (non-hydrogen) atoms. The van der Waals surface area contributed by atoms with Gasteiger partial charge in [0, 0.05) is 5.56 Å². The highest BCUT2D eigenvalue weighted by Crippen LogP contribution is 2.35. The summed E-state index contributed by atoms with van der Waals surface area (Å²) >= 11 is 0. The van der Waals surface area contributed by atoms with Crippen molar-refractivity contribution in [1.29, 1.82) is 0 Å². The average Bonchev–Trinajstić information content (AvgIpc) is 3.01. The highest BCUT2D eigenvalue weighted by atomic mass is 19.1. The van der Waals surface area contributed by atoms with E-state index in [0.717, 1.165) is 28.2 Å². The molecule has 0 radical (unpaired) electrons. The number of hydrogen-bond acceptors (Lipinski definition) is 2. The zero-order valence-electron chi connectivity index (χ0n) is 11.0. The second-order valence-electron chi connectivity index (χ2n) is 4.40. The Hall–Kier alpha value is -2.55. The van der Waals surface area contributed by atoms with Crippen molar-refractivity contribution in [2.75, 3.05) is 7.11 Å². The molecule has 3 rings (SSSR count). The van der Waals surface area contributed by atoms with Crippen LogP contribution < -0.4 is 4.74 Å². The van der Waals surface area contributed by atoms with Gasteiger partial charge in [-0.1, -0.05) is 12.1 Å². The minimum Gasteiger partial charge on any atom is -0.497 e. The van der Waals surface area contributed by atoms with E-state index in [2.05, 4.69) is 0 Å². The third-order valence-electron chi connectivity index (χ3n) is 3.17. The minimum absolute atomic E-state index is 0.254. The van der Waals surface area contributed by atoms with Crippen molar-refractivity contribution < 1.29 is 13.5 Å². The molecule has 0 atom stereocenters. The van der Waals surface area contributed by atoms with E-state index >= 15 is 0 Å². The van der Waals surface area contributed by atoms with Crippen LogP contribution in [0.2, 0.25) is 0 Å². The predicted octanol–water partition coefficient (Wildman–Crippen LogP) is 4.76. The van der Waals surface area contributed by atoms with Crippen molar-refractivity contribution in [3.8, 4) is 28.2 Å². The van der Waals surface area contributed by atoms with Crippen molar-refractivity contribution in [2.24, 2.45) is 0 Å². The fourth-order valence-corrected chi connectivity index (χ4v) is 2.17. The van der Waals surface area contributed by atoms with Crippen LogP contribution in [-0.4, -0.2) is 7.11 Å². The lowest BCUT2D eigenvalue weighted by molar-refractivity contribution is 0.415. The van der Waals surface area contributed by atoms with Crippen LogP contribution >= 0.6 is 0 Å². The van der Waals surface area contributed by atoms with Crippen LogP contribution in [0, 0.1) is 5.82 Å². The van der Waals surface area contributed by atoms with Gasteiger partial charge in [-0.2, -0.15) is 0 Å². The average molecular weight is 268 g/mol. The number of furan rings is 1. The van der Waals surface area contributed by atoms with Gasteiger partial charge in [0.2, 0.25) is 0 Å². The summed E-state index contributed by atoms with van der Waals surface area (Å²) in [6.45, 7) is 0. The molecular formula is C17H13FO2. The number of benzene rings is 2. The summed E-state index contributed by atoms with van der Waals surface area (Å²) < 4.78 is 23.8. The van der Waals surface area contributed by atoms with Crippen LogP contribution in [0.25, 0.3) is 22.5 Å². The first kappa shape index (κ1) is 12.5. The number of ether oxygens (including phenoxy) is 1. The zero-order chi connectivity index (χ0) is 13.9. The molecule has 0 amide bonds. The molecule has 0 spiro atoms. The lowest BCUT2D eigenvalue weighted by Gasteiger charge is -2.10. The molecule has 0 unspecified atom stereocenters. The quantitative estimate of drug-likeness (QED) is 0.683. The molecule has 0 bridgehead atoms. The number of halogens is 1. The van der Waals surface area contributed by atoms with Crippen molar-refractivity contribution in [2.45, 2.75) is 0 Å². The molecule has 0 aliphatic rings. The van der Waals surface area contributed by atoms with Gasteiger partial charge in [-0.05, 0) is 53.6 Å². The lowest BCUT2D eigenvalue weighted by Crippen LogP contribution is -1.88. The highest BCUT2D eigenvalue weighted by Gasteiger charge is 2.11. The minimum atomic E-state index is -0.254. The van der Waals surface area contributed by atoms with E-state index in [4.69, 9.17) is 9.15 Å². The summed E-state index contributed by atoms with van der Waals surface area (Å²) in [5, 5.41) is 0. The molecule has 3 heteroatoms. The Morgan fingerprint density at radius 3 is 2.40 bits per heavy atom. The fraction of sp³-hybridized carbons (Fsp3) is 0.0588. The van der Waals surface area contributed by atoms with Gasteiger partial charge in [-0.3, -0.25) is 0 Å². The summed E-state index contributed by atoms with van der Waals surface area (Å²) in [4.78, 5) is 0. The molecule has 0 aliphatic carbocycles. The zero-order valence-corrected chi connectivity index (χ0v) is 11.0. The van der Waals surface area contributed by atoms with Crippen LogP contribution in [0.15, 0.2) is 65.3 Å². The molecule has 0 saturated heterocycles. The maximum atomic E-state index is 13.1. The first-order chi connectivity index (χ1) is 9.78. The summed E-state index contributed by atoms with van der Waals surface area (Å²) in [5.74, 6) is 1.27. The molecular weight excluding hydrogens is 255 g/mol. The van der Waals surface area contributed by atoms with E-state index in [1.54, 1.807) is 25.5 Å². The standard InChI is InChI=1S/C17H13FO2/c1-19-14-8-9-15(17-3-2-10-20-17)16(11-14)12-4-6-13(18)7-5-12/h2-11H,1H3. The van der Waals surface area contributed by atoms with Gasteiger partial charge >= 0.3 is 0 Å². The molecule has 1 aromatic heterocycles. The van der Waals surface area contributed by atoms with E-state index in [-0.39, 0.29) is 5.82 Å². The van der Waals surface area contributed by atoms with Crippen LogP contribution in [0.5, 0.6) is 5.75 Å². The third-order valence-corrected chi connectivity index (χ3v) is 3.17. The highest BCUT2D eigenvalue weighted by molar-refractivity contribution is 5.82. The summed E-state index contributed by atoms with van der Waals surface area (Å²) in [6.07, 6.45) is 1.63. The van der Waals surface area contributed by atoms with Crippen LogP contribution in [0.3, 0.4) is 0 Å². The van der Waals surface area contributed by atoms with Gasteiger partial charge in [0.05, 0.1) is 13.4 Å². The topological polar surface area (TPSA) is 22.4 Å². The monoisotopic (exact) mass is 268 g/mol. The maximum absolute atomic E-state index is 13.1. The van der Waals surface area contributed by atoms with Crippen molar-refractivity contribution in [3.05, 3.63) is 66.7 Å². The van der Waals surface area contributed by atoms with E-state index in [9.17, 15) is 4.39 Å². The Morgan fingerprint density at radius 2 is 1.75 bits per heavy atom. The van der Waals surface area contributed by atoms with E-state index in [1.807, 2.05) is 30.3 Å². The van der Waals surface area contributed by atoms with E-state index in [0.29, 0.717) is 0 Å². The molecule has 2 aromatic carbocycles. The normalized spacial score (nSPS) is 10.5. The molecule has 3 aromatic rings. The Bertz CT molecular complexity index is 700. The Labute approximate surface area is 116 Å². The first-order valence-electron chi connectivity index (χ1n) is 6.26. The van der Waals surface area contributed by atoms with Crippen LogP contribution in [-0.2, 0) is 0 Å². The van der Waals surface area contributed by atoms with E-state index < -0.39 is 0 Å². The second-order valence-corrected chi connectivity index (χ2v) is 4.40. The van der Waals surface area contributed by atoms with Gasteiger partial charge in [0.1, 0.15) is 17.3 Å². The van der Waals surface area contributed by atoms with Gasteiger partial charge in [0.25, 0.3) is 0 Å². The molecule has 0 N–H and O–H groups in total. The molecule has 0 aliphatic heterocycles. The van der Waals surface area contributed by atoms with Crippen LogP contribution in [0.4, 0.5) is 4.39 Å². The van der Waals surface area contributed by atoms with Crippen molar-refractivity contribution in [1.82, 2.24) is 0 Å². The third kappa shape index (κ3) is 2.30. The summed E-state index contributed by atoms with van der Waals surface area (Å²) in [6, 6.07) is 15.9. The predicted molar refractivity (Wildman–Crippen MR) is 76.1 cm³/mol. The lowest BCUT2D eigenvalue weighted by atomic mass is 9.98. The van der Waals surface area contributed by atoms with Crippen molar-refractivity contribution >= 4 is 0 Å². The summed E-state index contributed by atoms with van der Waals surface area (Å²) in [7, 11) is 1.62. The smallest absolute Gasteiger partial charge is 0.134 e. The summed E-state index contributed by atoms with van der Waals surface area (Å²) in [5.41, 5.74) is 2.80. The largest absolute Gasteiger partial charge is 0.497 e. The van der Waals surface area contributed by atoms with Gasteiger partial charge < -0.3 is 9.15 Å². The maximum Gasteiger partial charge on any atom is 0.134 e. The van der Waals surface area contributed by atoms with Gasteiger partial charge in [-0.15, -0.1) is 0 Å². The Kier molecular flexibility index (Phi) is 3.25. The molecule has 2 nitrogen and oxygen atoms in total. The molecule has 100 valence electrons. The Morgan fingerprint density at radius 1 is 0.950 bits per heavy atom. The first-order valence-corrected chi connectivity index (χ1v) is 6.26. The number of rotatable bonds is 3. The van der Waals surface area contributed by atoms with Crippen LogP contribution in [0.1, 0.15) is 0 Å². The molecule has 0 saturated carbocycles. The SMILES string of the molecule is COc1ccc(-c2ccco2)c(-c2ccc(F)cc2)c1. The van der Waals surface area contributed by atoms with Gasteiger partial charge in [0.15, 0.2) is 0 Å². The number of methoxy groups -OCH3 is 1.